The van der Waals surface area contributed by atoms with Gasteiger partial charge in [0.15, 0.2) is 0 Å². The fourth-order valence-electron chi connectivity index (χ4n) is 3.57. The van der Waals surface area contributed by atoms with Crippen molar-refractivity contribution in [1.82, 2.24) is 0 Å². The zero-order valence-electron chi connectivity index (χ0n) is 14.7. The molecule has 0 aromatic heterocycles. The van der Waals surface area contributed by atoms with Crippen molar-refractivity contribution in [3.05, 3.63) is 53.6 Å². The molecule has 2 aromatic rings. The summed E-state index contributed by atoms with van der Waals surface area (Å²) in [6.07, 6.45) is 0.784. The van der Waals surface area contributed by atoms with Gasteiger partial charge in [-0.3, -0.25) is 4.72 Å². The van der Waals surface area contributed by atoms with Crippen LogP contribution in [0.15, 0.2) is 47.4 Å². The molecular formula is C19H19NO6S. The van der Waals surface area contributed by atoms with Gasteiger partial charge in [-0.25, -0.2) is 13.2 Å². The highest BCUT2D eigenvalue weighted by atomic mass is 32.2. The molecule has 0 bridgehead atoms. The smallest absolute Gasteiger partial charge is 0.343 e. The van der Waals surface area contributed by atoms with Gasteiger partial charge in [0.1, 0.15) is 17.9 Å². The molecule has 1 N–H and O–H groups in total. The van der Waals surface area contributed by atoms with Crippen LogP contribution in [0.4, 0.5) is 5.69 Å². The number of benzene rings is 2. The number of esters is 1. The zero-order chi connectivity index (χ0) is 19.0. The Morgan fingerprint density at radius 2 is 1.96 bits per heavy atom. The molecule has 1 fully saturated rings. The third-order valence-electron chi connectivity index (χ3n) is 4.88. The number of ether oxygens (including phenoxy) is 3. The van der Waals surface area contributed by atoms with E-state index >= 15 is 0 Å². The quantitative estimate of drug-likeness (QED) is 0.808. The molecule has 2 aliphatic heterocycles. The molecule has 0 saturated carbocycles. The normalized spacial score (nSPS) is 20.9. The number of nitrogens with one attached hydrogen (secondary N) is 1. The van der Waals surface area contributed by atoms with Gasteiger partial charge < -0.3 is 14.2 Å². The van der Waals surface area contributed by atoms with Crippen molar-refractivity contribution < 1.29 is 27.4 Å². The van der Waals surface area contributed by atoms with Crippen molar-refractivity contribution in [2.24, 2.45) is 0 Å². The number of carbonyl (C=O) groups is 1. The summed E-state index contributed by atoms with van der Waals surface area (Å²) in [5.74, 6) is -0.172. The molecule has 2 aliphatic rings. The molecule has 0 aliphatic carbocycles. The maximum absolute atomic E-state index is 12.7. The van der Waals surface area contributed by atoms with Gasteiger partial charge in [0.2, 0.25) is 0 Å². The molecule has 0 radical (unpaired) electrons. The van der Waals surface area contributed by atoms with Gasteiger partial charge >= 0.3 is 5.97 Å². The summed E-state index contributed by atoms with van der Waals surface area (Å²) in [4.78, 5) is 12.6. The van der Waals surface area contributed by atoms with E-state index in [0.717, 1.165) is 12.0 Å². The van der Waals surface area contributed by atoms with Crippen LogP contribution in [0, 0.1) is 0 Å². The summed E-state index contributed by atoms with van der Waals surface area (Å²) in [7, 11) is -2.61. The first-order valence-electron chi connectivity index (χ1n) is 8.59. The minimum Gasteiger partial charge on any atom is -0.490 e. The van der Waals surface area contributed by atoms with Crippen LogP contribution in [0.1, 0.15) is 28.3 Å². The van der Waals surface area contributed by atoms with Gasteiger partial charge in [0, 0.05) is 18.1 Å². The lowest BCUT2D eigenvalue weighted by Crippen LogP contribution is -2.29. The summed E-state index contributed by atoms with van der Waals surface area (Å²) >= 11 is 0. The summed E-state index contributed by atoms with van der Waals surface area (Å²) in [6, 6.07) is 11.3. The molecule has 8 heteroatoms. The molecule has 1 saturated heterocycles. The number of hydrogen-bond donors (Lipinski definition) is 1. The third kappa shape index (κ3) is 3.15. The average Bonchev–Trinajstić information content (AvgIpc) is 3.16. The van der Waals surface area contributed by atoms with Gasteiger partial charge in [-0.2, -0.15) is 0 Å². The molecule has 2 aromatic carbocycles. The molecule has 142 valence electrons. The SMILES string of the molecule is COC(=O)c1c(NS(=O)(=O)c2ccccc2)ccc2c1OC[C@H]1OCCC21. The van der Waals surface area contributed by atoms with Crippen LogP contribution >= 0.6 is 0 Å². The molecule has 2 atom stereocenters. The van der Waals surface area contributed by atoms with Crippen LogP contribution in [-0.2, 0) is 19.5 Å². The second kappa shape index (κ2) is 6.86. The maximum atomic E-state index is 12.7. The predicted octanol–water partition coefficient (Wildman–Crippen LogP) is 2.54. The summed E-state index contributed by atoms with van der Waals surface area (Å²) in [5.41, 5.74) is 1.05. The van der Waals surface area contributed by atoms with E-state index in [9.17, 15) is 13.2 Å². The van der Waals surface area contributed by atoms with Crippen LogP contribution in [0.5, 0.6) is 5.75 Å². The Balaban J connectivity index is 1.79. The molecule has 0 spiro atoms. The lowest BCUT2D eigenvalue weighted by molar-refractivity contribution is 0.0469. The van der Waals surface area contributed by atoms with Crippen molar-refractivity contribution in [1.29, 1.82) is 0 Å². The van der Waals surface area contributed by atoms with Crippen LogP contribution in [0.3, 0.4) is 0 Å². The largest absolute Gasteiger partial charge is 0.490 e. The number of carbonyl (C=O) groups excluding carboxylic acids is 1. The molecule has 27 heavy (non-hydrogen) atoms. The minimum absolute atomic E-state index is 0.0464. The van der Waals surface area contributed by atoms with Gasteiger partial charge in [-0.05, 0) is 24.6 Å². The Hall–Kier alpha value is -2.58. The van der Waals surface area contributed by atoms with Crippen molar-refractivity contribution in [2.45, 2.75) is 23.3 Å². The van der Waals surface area contributed by atoms with E-state index in [1.54, 1.807) is 30.3 Å². The predicted molar refractivity (Wildman–Crippen MR) is 97.6 cm³/mol. The minimum atomic E-state index is -3.86. The fourth-order valence-corrected chi connectivity index (χ4v) is 4.67. The van der Waals surface area contributed by atoms with Crippen molar-refractivity contribution in [3.8, 4) is 5.75 Å². The van der Waals surface area contributed by atoms with Crippen molar-refractivity contribution in [2.75, 3.05) is 25.0 Å². The third-order valence-corrected chi connectivity index (χ3v) is 6.26. The monoisotopic (exact) mass is 389 g/mol. The highest BCUT2D eigenvalue weighted by Crippen LogP contribution is 2.44. The Kier molecular flexibility index (Phi) is 4.53. The fraction of sp³-hybridized carbons (Fsp3) is 0.316. The van der Waals surface area contributed by atoms with Crippen molar-refractivity contribution >= 4 is 21.7 Å². The van der Waals surface area contributed by atoms with Crippen molar-refractivity contribution in [3.63, 3.8) is 0 Å². The summed E-state index contributed by atoms with van der Waals surface area (Å²) in [6.45, 7) is 0.949. The van der Waals surface area contributed by atoms with Gasteiger partial charge in [0.25, 0.3) is 10.0 Å². The number of fused-ring (bicyclic) bond motifs is 3. The number of hydrogen-bond acceptors (Lipinski definition) is 6. The first-order valence-corrected chi connectivity index (χ1v) is 10.1. The Labute approximate surface area is 157 Å². The van der Waals surface area contributed by atoms with Gasteiger partial charge in [-0.15, -0.1) is 0 Å². The van der Waals surface area contributed by atoms with E-state index in [4.69, 9.17) is 14.2 Å². The second-order valence-electron chi connectivity index (χ2n) is 6.43. The highest BCUT2D eigenvalue weighted by molar-refractivity contribution is 7.92. The average molecular weight is 389 g/mol. The number of methoxy groups -OCH3 is 1. The van der Waals surface area contributed by atoms with E-state index in [1.165, 1.54) is 19.2 Å². The highest BCUT2D eigenvalue weighted by Gasteiger charge is 2.39. The van der Waals surface area contributed by atoms with E-state index in [-0.39, 0.29) is 28.2 Å². The van der Waals surface area contributed by atoms with E-state index in [2.05, 4.69) is 4.72 Å². The lowest BCUT2D eigenvalue weighted by atomic mass is 9.88. The topological polar surface area (TPSA) is 90.9 Å². The Morgan fingerprint density at radius 1 is 1.19 bits per heavy atom. The number of rotatable bonds is 4. The maximum Gasteiger partial charge on any atom is 0.343 e. The lowest BCUT2D eigenvalue weighted by Gasteiger charge is -2.29. The molecular weight excluding hydrogens is 370 g/mol. The van der Waals surface area contributed by atoms with Gasteiger partial charge in [-0.1, -0.05) is 24.3 Å². The summed E-state index contributed by atoms with van der Waals surface area (Å²) < 4.78 is 44.2. The first kappa shape index (κ1) is 17.8. The van der Waals surface area contributed by atoms with Gasteiger partial charge in [0.05, 0.1) is 23.8 Å². The van der Waals surface area contributed by atoms with E-state index in [1.807, 2.05) is 0 Å². The molecule has 0 amide bonds. The number of anilines is 1. The Morgan fingerprint density at radius 3 is 2.70 bits per heavy atom. The van der Waals surface area contributed by atoms with Crippen LogP contribution in [-0.4, -0.2) is 40.8 Å². The van der Waals surface area contributed by atoms with Crippen LogP contribution in [0.25, 0.3) is 0 Å². The molecule has 1 unspecified atom stereocenters. The molecule has 2 heterocycles. The second-order valence-corrected chi connectivity index (χ2v) is 8.11. The standard InChI is InChI=1S/C19H19NO6S/c1-24-19(21)17-15(20-27(22,23)12-5-3-2-4-6-12)8-7-14-13-9-10-25-16(13)11-26-18(14)17/h2-8,13,16,20H,9-11H2,1H3/t13?,16-/m1/s1. The zero-order valence-corrected chi connectivity index (χ0v) is 15.5. The molecule has 4 rings (SSSR count). The molecule has 7 nitrogen and oxygen atoms in total. The Bertz CT molecular complexity index is 973. The van der Waals surface area contributed by atoms with Crippen LogP contribution in [0.2, 0.25) is 0 Å². The summed E-state index contributed by atoms with van der Waals surface area (Å²) in [5, 5.41) is 0. The van der Waals surface area contributed by atoms with E-state index < -0.39 is 16.0 Å². The first-order chi connectivity index (χ1) is 13.0. The van der Waals surface area contributed by atoms with E-state index in [0.29, 0.717) is 19.0 Å². The number of sulfonamides is 1. The van der Waals surface area contributed by atoms with Crippen LogP contribution < -0.4 is 9.46 Å².